The Morgan fingerprint density at radius 3 is 2.47 bits per heavy atom. The molecule has 0 bridgehead atoms. The minimum Gasteiger partial charge on any atom is -0.479 e. The van der Waals surface area contributed by atoms with Crippen LogP contribution in [-0.2, 0) is 10.0 Å². The summed E-state index contributed by atoms with van der Waals surface area (Å²) in [5.41, 5.74) is 0.460. The molecule has 0 heterocycles. The van der Waals surface area contributed by atoms with Crippen LogP contribution in [0.1, 0.15) is 0 Å². The van der Waals surface area contributed by atoms with E-state index in [0.717, 1.165) is 6.26 Å². The summed E-state index contributed by atoms with van der Waals surface area (Å²) in [6.07, 6.45) is 1.08. The van der Waals surface area contributed by atoms with Crippen molar-refractivity contribution in [1.82, 2.24) is 0 Å². The first kappa shape index (κ1) is 11.3. The van der Waals surface area contributed by atoms with Gasteiger partial charge < -0.3 is 4.74 Å². The summed E-state index contributed by atoms with van der Waals surface area (Å²) in [5.74, 6) is 0.524. The topological polar surface area (TPSA) is 79.2 Å². The second-order valence-electron chi connectivity index (χ2n) is 2.85. The van der Waals surface area contributed by atoms with Gasteiger partial charge in [0, 0.05) is 5.69 Å². The van der Waals surface area contributed by atoms with Gasteiger partial charge in [-0.05, 0) is 24.3 Å². The van der Waals surface area contributed by atoms with Crippen LogP contribution in [0.4, 0.5) is 5.69 Å². The molecule has 6 heteroatoms. The average Bonchev–Trinajstić information content (AvgIpc) is 2.14. The maximum atomic E-state index is 10.9. The van der Waals surface area contributed by atoms with Crippen LogP contribution in [-0.4, -0.2) is 21.3 Å². The molecule has 0 fully saturated rings. The lowest BCUT2D eigenvalue weighted by Gasteiger charge is -2.05. The van der Waals surface area contributed by atoms with Crippen molar-refractivity contribution in [1.29, 1.82) is 5.26 Å². The van der Waals surface area contributed by atoms with Gasteiger partial charge in [-0.15, -0.1) is 0 Å². The van der Waals surface area contributed by atoms with Gasteiger partial charge in [0.25, 0.3) is 0 Å². The monoisotopic (exact) mass is 226 g/mol. The third-order valence-corrected chi connectivity index (χ3v) is 2.07. The van der Waals surface area contributed by atoms with E-state index in [2.05, 4.69) is 4.72 Å². The number of hydrogen-bond donors (Lipinski definition) is 1. The maximum absolute atomic E-state index is 10.9. The molecule has 1 aromatic rings. The Hall–Kier alpha value is -1.74. The van der Waals surface area contributed by atoms with Crippen molar-refractivity contribution in [2.24, 2.45) is 0 Å². The number of nitrogens with zero attached hydrogens (tertiary/aromatic N) is 1. The number of nitriles is 1. The highest BCUT2D eigenvalue weighted by Crippen LogP contribution is 2.16. The predicted molar refractivity (Wildman–Crippen MR) is 56.0 cm³/mol. The Morgan fingerprint density at radius 1 is 1.40 bits per heavy atom. The molecule has 0 aromatic heterocycles. The molecule has 0 unspecified atom stereocenters. The highest BCUT2D eigenvalue weighted by Gasteiger charge is 2.01. The number of ether oxygens (including phenoxy) is 1. The molecule has 0 aliphatic carbocycles. The van der Waals surface area contributed by atoms with Crippen molar-refractivity contribution in [3.8, 4) is 11.8 Å². The van der Waals surface area contributed by atoms with E-state index in [1.807, 2.05) is 6.07 Å². The third kappa shape index (κ3) is 4.33. The number of sulfonamides is 1. The molecule has 0 amide bonds. The summed E-state index contributed by atoms with van der Waals surface area (Å²) in [6, 6.07) is 8.14. The van der Waals surface area contributed by atoms with Crippen LogP contribution >= 0.6 is 0 Å². The fourth-order valence-corrected chi connectivity index (χ4v) is 1.51. The second-order valence-corrected chi connectivity index (χ2v) is 4.59. The molecule has 0 saturated heterocycles. The molecule has 0 spiro atoms. The number of anilines is 1. The number of rotatable bonds is 4. The quantitative estimate of drug-likeness (QED) is 0.829. The normalized spacial score (nSPS) is 10.4. The van der Waals surface area contributed by atoms with Crippen LogP contribution in [0.15, 0.2) is 24.3 Å². The third-order valence-electron chi connectivity index (χ3n) is 1.46. The Bertz CT molecular complexity index is 459. The van der Waals surface area contributed by atoms with Crippen LogP contribution < -0.4 is 9.46 Å². The van der Waals surface area contributed by atoms with Gasteiger partial charge in [0.1, 0.15) is 11.8 Å². The van der Waals surface area contributed by atoms with Crippen LogP contribution in [0.3, 0.4) is 0 Å². The van der Waals surface area contributed by atoms with Gasteiger partial charge in [-0.1, -0.05) is 0 Å². The molecular weight excluding hydrogens is 216 g/mol. The minimum absolute atomic E-state index is 0.0289. The molecule has 80 valence electrons. The second kappa shape index (κ2) is 4.66. The predicted octanol–water partition coefficient (Wildman–Crippen LogP) is 0.960. The van der Waals surface area contributed by atoms with Crippen LogP contribution in [0, 0.1) is 11.3 Å². The van der Waals surface area contributed by atoms with E-state index in [1.54, 1.807) is 24.3 Å². The van der Waals surface area contributed by atoms with Crippen molar-refractivity contribution < 1.29 is 13.2 Å². The lowest BCUT2D eigenvalue weighted by Crippen LogP contribution is -2.09. The van der Waals surface area contributed by atoms with Crippen LogP contribution in [0.5, 0.6) is 5.75 Å². The van der Waals surface area contributed by atoms with Gasteiger partial charge in [-0.3, -0.25) is 4.72 Å². The van der Waals surface area contributed by atoms with Gasteiger partial charge >= 0.3 is 0 Å². The van der Waals surface area contributed by atoms with Crippen LogP contribution in [0.2, 0.25) is 0 Å². The van der Waals surface area contributed by atoms with Crippen LogP contribution in [0.25, 0.3) is 0 Å². The van der Waals surface area contributed by atoms with Crippen molar-refractivity contribution in [2.45, 2.75) is 0 Å². The number of benzene rings is 1. The van der Waals surface area contributed by atoms with E-state index in [1.165, 1.54) is 0 Å². The first-order valence-corrected chi connectivity index (χ1v) is 5.98. The minimum atomic E-state index is -3.25. The van der Waals surface area contributed by atoms with Crippen molar-refractivity contribution >= 4 is 15.7 Å². The summed E-state index contributed by atoms with van der Waals surface area (Å²) in [6.45, 7) is -0.0289. The van der Waals surface area contributed by atoms with Gasteiger partial charge in [-0.2, -0.15) is 5.26 Å². The molecule has 0 aliphatic rings. The summed E-state index contributed by atoms with van der Waals surface area (Å²) in [4.78, 5) is 0. The molecule has 0 saturated carbocycles. The molecule has 15 heavy (non-hydrogen) atoms. The Kier molecular flexibility index (Phi) is 3.52. The lowest BCUT2D eigenvalue weighted by atomic mass is 10.3. The molecule has 5 nitrogen and oxygen atoms in total. The number of nitrogens with one attached hydrogen (secondary N) is 1. The molecule has 1 aromatic carbocycles. The van der Waals surface area contributed by atoms with Gasteiger partial charge in [0.15, 0.2) is 6.61 Å². The summed E-state index contributed by atoms with van der Waals surface area (Å²) < 4.78 is 29.1. The fraction of sp³-hybridized carbons (Fsp3) is 0.222. The maximum Gasteiger partial charge on any atom is 0.229 e. The van der Waals surface area contributed by atoms with Gasteiger partial charge in [0.2, 0.25) is 10.0 Å². The van der Waals surface area contributed by atoms with Gasteiger partial charge in [0.05, 0.1) is 6.26 Å². The van der Waals surface area contributed by atoms with E-state index in [0.29, 0.717) is 11.4 Å². The zero-order valence-corrected chi connectivity index (χ0v) is 8.91. The van der Waals surface area contributed by atoms with E-state index in [9.17, 15) is 8.42 Å². The first-order valence-electron chi connectivity index (χ1n) is 4.09. The highest BCUT2D eigenvalue weighted by atomic mass is 32.2. The Labute approximate surface area is 88.3 Å². The van der Waals surface area contributed by atoms with E-state index in [4.69, 9.17) is 10.00 Å². The molecule has 1 rings (SSSR count). The van der Waals surface area contributed by atoms with Crippen molar-refractivity contribution in [2.75, 3.05) is 17.6 Å². The smallest absolute Gasteiger partial charge is 0.229 e. The molecule has 0 atom stereocenters. The first-order chi connectivity index (χ1) is 7.01. The Balaban J connectivity index is 2.69. The zero-order chi connectivity index (χ0) is 11.3. The molecule has 0 aliphatic heterocycles. The van der Waals surface area contributed by atoms with Crippen molar-refractivity contribution in [3.63, 3.8) is 0 Å². The lowest BCUT2D eigenvalue weighted by molar-refractivity contribution is 0.368. The fourth-order valence-electron chi connectivity index (χ4n) is 0.949. The molecule has 0 radical (unpaired) electrons. The van der Waals surface area contributed by atoms with Crippen molar-refractivity contribution in [3.05, 3.63) is 24.3 Å². The van der Waals surface area contributed by atoms with E-state index < -0.39 is 10.0 Å². The highest BCUT2D eigenvalue weighted by molar-refractivity contribution is 7.92. The number of hydrogen-bond acceptors (Lipinski definition) is 4. The summed E-state index contributed by atoms with van der Waals surface area (Å²) >= 11 is 0. The largest absolute Gasteiger partial charge is 0.479 e. The molecule has 1 N–H and O–H groups in total. The van der Waals surface area contributed by atoms with Gasteiger partial charge in [-0.25, -0.2) is 8.42 Å². The standard InChI is InChI=1S/C9H10N2O3S/c1-15(12,13)11-8-2-4-9(5-3-8)14-7-6-10/h2-5,11H,7H2,1H3. The zero-order valence-electron chi connectivity index (χ0n) is 8.10. The average molecular weight is 226 g/mol. The summed E-state index contributed by atoms with van der Waals surface area (Å²) in [7, 11) is -3.25. The molecular formula is C9H10N2O3S. The SMILES string of the molecule is CS(=O)(=O)Nc1ccc(OCC#N)cc1. The Morgan fingerprint density at radius 2 is 2.00 bits per heavy atom. The van der Waals surface area contributed by atoms with E-state index >= 15 is 0 Å². The summed E-state index contributed by atoms with van der Waals surface area (Å²) in [5, 5.41) is 8.27. The van der Waals surface area contributed by atoms with E-state index in [-0.39, 0.29) is 6.61 Å².